The van der Waals surface area contributed by atoms with Gasteiger partial charge in [0.2, 0.25) is 5.91 Å². The minimum absolute atomic E-state index is 0.323. The molecule has 2 nitrogen and oxygen atoms in total. The maximum atomic E-state index is 11.1. The second-order valence-corrected chi connectivity index (χ2v) is 3.05. The summed E-state index contributed by atoms with van der Waals surface area (Å²) in [6, 6.07) is 0.410. The maximum absolute atomic E-state index is 11.1. The number of amides is 1. The third kappa shape index (κ3) is 0.618. The molecule has 2 heteroatoms. The highest BCUT2D eigenvalue weighted by Gasteiger charge is 2.36. The molecule has 0 unspecified atom stereocenters. The molecule has 2 rings (SSSR count). The first-order valence-corrected chi connectivity index (χ1v) is 3.76. The standard InChI is InChI=1S/C8H11NO/c1-6-4-5-9-7(6)2-3-8(9)10/h7H,1-5H2/t7-/m0/s1. The zero-order valence-corrected chi connectivity index (χ0v) is 5.97. The molecule has 2 heterocycles. The first kappa shape index (κ1) is 5.96. The number of fused-ring (bicyclic) bond motifs is 1. The second kappa shape index (κ2) is 1.84. The zero-order chi connectivity index (χ0) is 7.14. The summed E-state index contributed by atoms with van der Waals surface area (Å²) in [5.74, 6) is 0.323. The van der Waals surface area contributed by atoms with E-state index in [1.165, 1.54) is 5.57 Å². The van der Waals surface area contributed by atoms with E-state index in [1.54, 1.807) is 0 Å². The fraction of sp³-hybridized carbons (Fsp3) is 0.625. The monoisotopic (exact) mass is 137 g/mol. The van der Waals surface area contributed by atoms with Crippen LogP contribution in [0.15, 0.2) is 12.2 Å². The zero-order valence-electron chi connectivity index (χ0n) is 5.97. The van der Waals surface area contributed by atoms with Gasteiger partial charge < -0.3 is 4.90 Å². The largest absolute Gasteiger partial charge is 0.336 e. The van der Waals surface area contributed by atoms with Gasteiger partial charge in [-0.15, -0.1) is 0 Å². The summed E-state index contributed by atoms with van der Waals surface area (Å²) in [7, 11) is 0. The van der Waals surface area contributed by atoms with Crippen molar-refractivity contribution in [2.24, 2.45) is 0 Å². The van der Waals surface area contributed by atoms with Crippen molar-refractivity contribution in [3.05, 3.63) is 12.2 Å². The van der Waals surface area contributed by atoms with Crippen molar-refractivity contribution in [3.63, 3.8) is 0 Å². The summed E-state index contributed by atoms with van der Waals surface area (Å²) >= 11 is 0. The molecule has 1 amide bonds. The van der Waals surface area contributed by atoms with Crippen LogP contribution in [0.5, 0.6) is 0 Å². The molecule has 10 heavy (non-hydrogen) atoms. The minimum atomic E-state index is 0.323. The Bertz CT molecular complexity index is 175. The molecule has 0 aliphatic carbocycles. The molecule has 54 valence electrons. The third-order valence-corrected chi connectivity index (χ3v) is 2.47. The van der Waals surface area contributed by atoms with Gasteiger partial charge in [0.05, 0.1) is 6.04 Å². The molecule has 2 fully saturated rings. The van der Waals surface area contributed by atoms with Gasteiger partial charge in [0.15, 0.2) is 0 Å². The molecule has 0 N–H and O–H groups in total. The Morgan fingerprint density at radius 2 is 2.30 bits per heavy atom. The smallest absolute Gasteiger partial charge is 0.223 e. The van der Waals surface area contributed by atoms with E-state index in [0.29, 0.717) is 11.9 Å². The molecule has 0 aromatic rings. The van der Waals surface area contributed by atoms with Crippen LogP contribution in [-0.4, -0.2) is 23.4 Å². The molecule has 0 bridgehead atoms. The molecule has 0 spiro atoms. The van der Waals surface area contributed by atoms with Gasteiger partial charge in [0.25, 0.3) is 0 Å². The molecular formula is C8H11NO. The predicted octanol–water partition coefficient (Wildman–Crippen LogP) is 0.937. The van der Waals surface area contributed by atoms with Crippen LogP contribution in [0.3, 0.4) is 0 Å². The Labute approximate surface area is 60.5 Å². The lowest BCUT2D eigenvalue weighted by Crippen LogP contribution is -2.26. The topological polar surface area (TPSA) is 20.3 Å². The molecule has 0 aromatic heterocycles. The summed E-state index contributed by atoms with van der Waals surface area (Å²) in [5, 5.41) is 0. The molecule has 2 aliphatic heterocycles. The fourth-order valence-electron chi connectivity index (χ4n) is 1.87. The van der Waals surface area contributed by atoms with Crippen molar-refractivity contribution in [2.45, 2.75) is 25.3 Å². The molecule has 0 saturated carbocycles. The van der Waals surface area contributed by atoms with E-state index >= 15 is 0 Å². The third-order valence-electron chi connectivity index (χ3n) is 2.47. The predicted molar refractivity (Wildman–Crippen MR) is 38.5 cm³/mol. The number of carbonyl (C=O) groups excluding carboxylic acids is 1. The first-order valence-electron chi connectivity index (χ1n) is 3.76. The number of hydrogen-bond donors (Lipinski definition) is 0. The Hall–Kier alpha value is -0.790. The molecular weight excluding hydrogens is 126 g/mol. The lowest BCUT2D eigenvalue weighted by Gasteiger charge is -2.13. The van der Waals surface area contributed by atoms with Crippen molar-refractivity contribution in [2.75, 3.05) is 6.54 Å². The van der Waals surface area contributed by atoms with E-state index in [9.17, 15) is 4.79 Å². The number of rotatable bonds is 0. The van der Waals surface area contributed by atoms with Gasteiger partial charge in [-0.3, -0.25) is 4.79 Å². The Morgan fingerprint density at radius 1 is 1.50 bits per heavy atom. The van der Waals surface area contributed by atoms with Crippen LogP contribution >= 0.6 is 0 Å². The quantitative estimate of drug-likeness (QED) is 0.455. The van der Waals surface area contributed by atoms with E-state index in [2.05, 4.69) is 6.58 Å². The molecule has 0 radical (unpaired) electrons. The summed E-state index contributed by atoms with van der Waals surface area (Å²) in [5.41, 5.74) is 1.26. The van der Waals surface area contributed by atoms with Gasteiger partial charge in [-0.25, -0.2) is 0 Å². The average molecular weight is 137 g/mol. The van der Waals surface area contributed by atoms with Crippen molar-refractivity contribution in [1.29, 1.82) is 0 Å². The number of hydrogen-bond acceptors (Lipinski definition) is 1. The summed E-state index contributed by atoms with van der Waals surface area (Å²) in [4.78, 5) is 13.0. The van der Waals surface area contributed by atoms with E-state index < -0.39 is 0 Å². The van der Waals surface area contributed by atoms with Crippen molar-refractivity contribution < 1.29 is 4.79 Å². The van der Waals surface area contributed by atoms with Crippen LogP contribution in [0.1, 0.15) is 19.3 Å². The maximum Gasteiger partial charge on any atom is 0.223 e. The van der Waals surface area contributed by atoms with E-state index in [-0.39, 0.29) is 0 Å². The Kier molecular flexibility index (Phi) is 1.10. The van der Waals surface area contributed by atoms with Crippen LogP contribution in [0, 0.1) is 0 Å². The average Bonchev–Trinajstić information content (AvgIpc) is 2.41. The highest BCUT2D eigenvalue weighted by atomic mass is 16.2. The molecule has 2 saturated heterocycles. The summed E-state index contributed by atoms with van der Waals surface area (Å²) in [6.07, 6.45) is 2.78. The normalized spacial score (nSPS) is 31.6. The highest BCUT2D eigenvalue weighted by molar-refractivity contribution is 5.80. The van der Waals surface area contributed by atoms with E-state index in [4.69, 9.17) is 0 Å². The van der Waals surface area contributed by atoms with Crippen LogP contribution < -0.4 is 0 Å². The van der Waals surface area contributed by atoms with Gasteiger partial charge in [-0.1, -0.05) is 12.2 Å². The van der Waals surface area contributed by atoms with Gasteiger partial charge in [0.1, 0.15) is 0 Å². The SMILES string of the molecule is C=C1CCN2C(=O)CC[C@@H]12. The van der Waals surface area contributed by atoms with Gasteiger partial charge >= 0.3 is 0 Å². The van der Waals surface area contributed by atoms with E-state index in [1.807, 2.05) is 4.90 Å². The van der Waals surface area contributed by atoms with Crippen LogP contribution in [0.2, 0.25) is 0 Å². The lowest BCUT2D eigenvalue weighted by molar-refractivity contribution is -0.127. The Morgan fingerprint density at radius 3 is 3.00 bits per heavy atom. The number of carbonyl (C=O) groups is 1. The van der Waals surface area contributed by atoms with Crippen molar-refractivity contribution in [3.8, 4) is 0 Å². The molecule has 0 aromatic carbocycles. The minimum Gasteiger partial charge on any atom is -0.336 e. The first-order chi connectivity index (χ1) is 4.79. The molecule has 2 aliphatic rings. The lowest BCUT2D eigenvalue weighted by atomic mass is 10.1. The van der Waals surface area contributed by atoms with Gasteiger partial charge in [-0.05, 0) is 12.8 Å². The fourth-order valence-corrected chi connectivity index (χ4v) is 1.87. The van der Waals surface area contributed by atoms with Crippen LogP contribution in [0.25, 0.3) is 0 Å². The van der Waals surface area contributed by atoms with Gasteiger partial charge in [-0.2, -0.15) is 0 Å². The van der Waals surface area contributed by atoms with Crippen LogP contribution in [-0.2, 0) is 4.79 Å². The van der Waals surface area contributed by atoms with Gasteiger partial charge in [0, 0.05) is 13.0 Å². The van der Waals surface area contributed by atoms with Crippen molar-refractivity contribution >= 4 is 5.91 Å². The number of nitrogens with zero attached hydrogens (tertiary/aromatic N) is 1. The van der Waals surface area contributed by atoms with Crippen molar-refractivity contribution in [1.82, 2.24) is 4.90 Å². The summed E-state index contributed by atoms with van der Waals surface area (Å²) in [6.45, 7) is 4.86. The molecule has 1 atom stereocenters. The summed E-state index contributed by atoms with van der Waals surface area (Å²) < 4.78 is 0. The second-order valence-electron chi connectivity index (χ2n) is 3.05. The highest BCUT2D eigenvalue weighted by Crippen LogP contribution is 2.31. The van der Waals surface area contributed by atoms with E-state index in [0.717, 1.165) is 25.8 Å². The Balaban J connectivity index is 2.24. The van der Waals surface area contributed by atoms with Crippen LogP contribution in [0.4, 0.5) is 0 Å².